The van der Waals surface area contributed by atoms with E-state index < -0.39 is 6.29 Å². The van der Waals surface area contributed by atoms with Crippen LogP contribution < -0.4 is 9.47 Å². The monoisotopic (exact) mass is 232 g/mol. The zero-order valence-corrected chi connectivity index (χ0v) is 10.2. The lowest BCUT2D eigenvalue weighted by Gasteiger charge is -2.25. The molecule has 1 aliphatic heterocycles. The first kappa shape index (κ1) is 11.7. The normalized spacial score (nSPS) is 19.2. The van der Waals surface area contributed by atoms with Crippen LogP contribution in [0.15, 0.2) is 35.4 Å². The minimum atomic E-state index is -0.935. The Morgan fingerprint density at radius 2 is 2.24 bits per heavy atom. The smallest absolute Gasteiger partial charge is 0.224 e. The van der Waals surface area contributed by atoms with Gasteiger partial charge in [-0.2, -0.15) is 0 Å². The lowest BCUT2D eigenvalue weighted by atomic mass is 10.0. The first-order chi connectivity index (χ1) is 8.17. The number of allylic oxidation sites excluding steroid dienone is 1. The van der Waals surface area contributed by atoms with E-state index in [-0.39, 0.29) is 0 Å². The number of methoxy groups -OCH3 is 1. The van der Waals surface area contributed by atoms with Crippen LogP contribution in [0.25, 0.3) is 6.08 Å². The van der Waals surface area contributed by atoms with E-state index in [4.69, 9.17) is 9.47 Å². The summed E-state index contributed by atoms with van der Waals surface area (Å²) in [4.78, 5) is 0. The van der Waals surface area contributed by atoms with Crippen molar-refractivity contribution in [3.05, 3.63) is 41.0 Å². The van der Waals surface area contributed by atoms with Crippen molar-refractivity contribution in [2.24, 2.45) is 0 Å². The number of hydrogen-bond donors (Lipinski definition) is 1. The number of para-hydroxylation sites is 1. The largest absolute Gasteiger partial charge is 0.493 e. The van der Waals surface area contributed by atoms with Gasteiger partial charge in [-0.15, -0.1) is 0 Å². The third kappa shape index (κ3) is 2.06. The fraction of sp³-hybridized carbons (Fsp3) is 0.286. The van der Waals surface area contributed by atoms with Gasteiger partial charge in [0.2, 0.25) is 6.29 Å². The molecule has 90 valence electrons. The van der Waals surface area contributed by atoms with Crippen LogP contribution in [-0.2, 0) is 0 Å². The van der Waals surface area contributed by atoms with Crippen LogP contribution in [0.2, 0.25) is 0 Å². The number of aliphatic hydroxyl groups excluding tert-OH is 1. The standard InChI is InChI=1S/C14H16O3/c1-4-9(2)11-8-10-6-5-7-12(16-3)13(10)17-14(11)15/h4-8,14-15H,1-3H3. The maximum Gasteiger partial charge on any atom is 0.224 e. The molecule has 3 heteroatoms. The maximum absolute atomic E-state index is 9.95. The molecule has 0 aliphatic carbocycles. The summed E-state index contributed by atoms with van der Waals surface area (Å²) in [5.41, 5.74) is 2.71. The fourth-order valence-electron chi connectivity index (χ4n) is 1.82. The van der Waals surface area contributed by atoms with Gasteiger partial charge < -0.3 is 14.6 Å². The van der Waals surface area contributed by atoms with Gasteiger partial charge >= 0.3 is 0 Å². The molecule has 1 aliphatic rings. The van der Waals surface area contributed by atoms with Gasteiger partial charge in [0.25, 0.3) is 0 Å². The Bertz CT molecular complexity index is 486. The molecule has 1 unspecified atom stereocenters. The molecule has 1 aromatic rings. The van der Waals surface area contributed by atoms with Crippen LogP contribution in [0, 0.1) is 0 Å². The summed E-state index contributed by atoms with van der Waals surface area (Å²) >= 11 is 0. The molecule has 0 bridgehead atoms. The molecule has 0 amide bonds. The lowest BCUT2D eigenvalue weighted by Crippen LogP contribution is -2.22. The Morgan fingerprint density at radius 3 is 2.88 bits per heavy atom. The molecule has 0 fully saturated rings. The van der Waals surface area contributed by atoms with Crippen molar-refractivity contribution in [1.29, 1.82) is 0 Å². The Kier molecular flexibility index (Phi) is 3.20. The van der Waals surface area contributed by atoms with Gasteiger partial charge in [-0.25, -0.2) is 0 Å². The predicted molar refractivity (Wildman–Crippen MR) is 67.0 cm³/mol. The Balaban J connectivity index is 2.52. The summed E-state index contributed by atoms with van der Waals surface area (Å²) < 4.78 is 10.7. The minimum Gasteiger partial charge on any atom is -0.493 e. The van der Waals surface area contributed by atoms with Crippen molar-refractivity contribution in [3.8, 4) is 11.5 Å². The Labute approximate surface area is 101 Å². The molecule has 0 saturated heterocycles. The Morgan fingerprint density at radius 1 is 1.47 bits per heavy atom. The van der Waals surface area contributed by atoms with E-state index >= 15 is 0 Å². The van der Waals surface area contributed by atoms with Crippen LogP contribution in [0.3, 0.4) is 0 Å². The van der Waals surface area contributed by atoms with Gasteiger partial charge in [0.1, 0.15) is 0 Å². The summed E-state index contributed by atoms with van der Waals surface area (Å²) in [5, 5.41) is 9.95. The maximum atomic E-state index is 9.95. The second-order valence-electron chi connectivity index (χ2n) is 3.92. The summed E-state index contributed by atoms with van der Waals surface area (Å²) in [6.07, 6.45) is 2.94. The number of aliphatic hydroxyl groups is 1. The van der Waals surface area contributed by atoms with Gasteiger partial charge in [-0.3, -0.25) is 0 Å². The van der Waals surface area contributed by atoms with Gasteiger partial charge in [0.15, 0.2) is 11.5 Å². The average molecular weight is 232 g/mol. The molecule has 0 saturated carbocycles. The van der Waals surface area contributed by atoms with Crippen molar-refractivity contribution in [3.63, 3.8) is 0 Å². The highest BCUT2D eigenvalue weighted by Crippen LogP contribution is 2.38. The second-order valence-corrected chi connectivity index (χ2v) is 3.92. The molecule has 0 spiro atoms. The van der Waals surface area contributed by atoms with Gasteiger partial charge in [-0.1, -0.05) is 18.2 Å². The highest BCUT2D eigenvalue weighted by molar-refractivity contribution is 5.69. The molecule has 1 N–H and O–H groups in total. The summed E-state index contributed by atoms with van der Waals surface area (Å²) in [6, 6.07) is 5.65. The van der Waals surface area contributed by atoms with Crippen LogP contribution in [0.4, 0.5) is 0 Å². The molecule has 17 heavy (non-hydrogen) atoms. The molecule has 2 rings (SSSR count). The lowest BCUT2D eigenvalue weighted by molar-refractivity contribution is 0.0128. The molecule has 1 atom stereocenters. The molecule has 0 radical (unpaired) electrons. The molecular weight excluding hydrogens is 216 g/mol. The average Bonchev–Trinajstić information content (AvgIpc) is 2.36. The van der Waals surface area contributed by atoms with Crippen LogP contribution in [0.5, 0.6) is 11.5 Å². The minimum absolute atomic E-state index is 0.593. The van der Waals surface area contributed by atoms with E-state index in [1.807, 2.05) is 44.2 Å². The van der Waals surface area contributed by atoms with Crippen molar-refractivity contribution in [2.45, 2.75) is 20.1 Å². The highest BCUT2D eigenvalue weighted by atomic mass is 16.6. The van der Waals surface area contributed by atoms with E-state index in [0.29, 0.717) is 11.5 Å². The van der Waals surface area contributed by atoms with Gasteiger partial charge in [-0.05, 0) is 31.6 Å². The summed E-state index contributed by atoms with van der Waals surface area (Å²) in [6.45, 7) is 3.88. The number of hydrogen-bond acceptors (Lipinski definition) is 3. The number of ether oxygens (including phenoxy) is 2. The summed E-state index contributed by atoms with van der Waals surface area (Å²) in [5.74, 6) is 1.23. The van der Waals surface area contributed by atoms with E-state index in [1.165, 1.54) is 0 Å². The predicted octanol–water partition coefficient (Wildman–Crippen LogP) is 2.76. The van der Waals surface area contributed by atoms with Crippen molar-refractivity contribution >= 4 is 6.08 Å². The highest BCUT2D eigenvalue weighted by Gasteiger charge is 2.23. The first-order valence-corrected chi connectivity index (χ1v) is 5.54. The van der Waals surface area contributed by atoms with Crippen LogP contribution >= 0.6 is 0 Å². The fourth-order valence-corrected chi connectivity index (χ4v) is 1.82. The number of fused-ring (bicyclic) bond motifs is 1. The van der Waals surface area contributed by atoms with Crippen molar-refractivity contribution in [1.82, 2.24) is 0 Å². The number of benzene rings is 1. The van der Waals surface area contributed by atoms with E-state index in [9.17, 15) is 5.11 Å². The van der Waals surface area contributed by atoms with E-state index in [1.54, 1.807) is 7.11 Å². The number of rotatable bonds is 2. The van der Waals surface area contributed by atoms with Crippen molar-refractivity contribution in [2.75, 3.05) is 7.11 Å². The summed E-state index contributed by atoms with van der Waals surface area (Å²) in [7, 11) is 1.59. The zero-order valence-electron chi connectivity index (χ0n) is 10.2. The first-order valence-electron chi connectivity index (χ1n) is 5.54. The van der Waals surface area contributed by atoms with Gasteiger partial charge in [0, 0.05) is 11.1 Å². The second kappa shape index (κ2) is 4.63. The molecule has 1 heterocycles. The SMILES string of the molecule is CC=C(C)C1=Cc2cccc(OC)c2OC1O. The quantitative estimate of drug-likeness (QED) is 0.852. The van der Waals surface area contributed by atoms with E-state index in [2.05, 4.69) is 0 Å². The van der Waals surface area contributed by atoms with Crippen molar-refractivity contribution < 1.29 is 14.6 Å². The Hall–Kier alpha value is -1.74. The molecule has 0 aromatic heterocycles. The topological polar surface area (TPSA) is 38.7 Å². The third-order valence-corrected chi connectivity index (χ3v) is 2.92. The van der Waals surface area contributed by atoms with Gasteiger partial charge in [0.05, 0.1) is 7.11 Å². The molecule has 3 nitrogen and oxygen atoms in total. The molecule has 1 aromatic carbocycles. The zero-order chi connectivity index (χ0) is 12.4. The van der Waals surface area contributed by atoms with E-state index in [0.717, 1.165) is 16.7 Å². The molecular formula is C14H16O3. The third-order valence-electron chi connectivity index (χ3n) is 2.92. The van der Waals surface area contributed by atoms with Crippen LogP contribution in [-0.4, -0.2) is 18.5 Å². The van der Waals surface area contributed by atoms with Crippen LogP contribution in [0.1, 0.15) is 19.4 Å².